The molecule has 0 bridgehead atoms. The van der Waals surface area contributed by atoms with E-state index in [1.807, 2.05) is 56.3 Å². The van der Waals surface area contributed by atoms with Crippen molar-refractivity contribution in [3.63, 3.8) is 0 Å². The number of ether oxygens (including phenoxy) is 2. The number of esters is 1. The molecule has 0 aliphatic rings. The van der Waals surface area contributed by atoms with Crippen LogP contribution in [0.5, 0.6) is 11.5 Å². The first-order valence-electron chi connectivity index (χ1n) is 9.54. The maximum absolute atomic E-state index is 12.5. The first-order chi connectivity index (χ1) is 14.5. The Morgan fingerprint density at radius 3 is 2.33 bits per heavy atom. The molecule has 5 heteroatoms. The molecular formula is C25H20O5. The molecule has 0 fully saturated rings. The van der Waals surface area contributed by atoms with Crippen LogP contribution in [-0.2, 0) is 11.3 Å². The van der Waals surface area contributed by atoms with E-state index in [0.29, 0.717) is 28.2 Å². The van der Waals surface area contributed by atoms with Crippen molar-refractivity contribution in [3.05, 3.63) is 105 Å². The van der Waals surface area contributed by atoms with Gasteiger partial charge in [-0.3, -0.25) is 0 Å². The highest BCUT2D eigenvalue weighted by atomic mass is 16.5. The fourth-order valence-corrected chi connectivity index (χ4v) is 3.15. The quantitative estimate of drug-likeness (QED) is 0.324. The molecule has 0 radical (unpaired) electrons. The van der Waals surface area contributed by atoms with E-state index in [4.69, 9.17) is 13.9 Å². The number of fused-ring (bicyclic) bond motifs is 1. The number of hydrogen-bond acceptors (Lipinski definition) is 5. The maximum Gasteiger partial charge on any atom is 0.338 e. The zero-order chi connectivity index (χ0) is 21.1. The summed E-state index contributed by atoms with van der Waals surface area (Å²) >= 11 is 0. The van der Waals surface area contributed by atoms with Crippen molar-refractivity contribution in [2.75, 3.05) is 0 Å². The van der Waals surface area contributed by atoms with E-state index in [1.54, 1.807) is 24.3 Å². The predicted octanol–water partition coefficient (Wildman–Crippen LogP) is 5.56. The second kappa shape index (κ2) is 8.25. The second-order valence-corrected chi connectivity index (χ2v) is 6.99. The normalized spacial score (nSPS) is 10.7. The van der Waals surface area contributed by atoms with Gasteiger partial charge >= 0.3 is 11.6 Å². The lowest BCUT2D eigenvalue weighted by Crippen LogP contribution is -2.08. The van der Waals surface area contributed by atoms with Gasteiger partial charge in [0, 0.05) is 17.0 Å². The molecule has 0 saturated heterocycles. The van der Waals surface area contributed by atoms with Gasteiger partial charge in [-0.1, -0.05) is 30.3 Å². The SMILES string of the molecule is Cc1ccc2c(COC(=O)c3ccc(Oc4ccccc4)cc3)cc(=O)oc2c1C. The van der Waals surface area contributed by atoms with Crippen LogP contribution in [0.1, 0.15) is 27.0 Å². The van der Waals surface area contributed by atoms with E-state index >= 15 is 0 Å². The summed E-state index contributed by atoms with van der Waals surface area (Å²) in [6.45, 7) is 3.83. The predicted molar refractivity (Wildman–Crippen MR) is 114 cm³/mol. The fraction of sp³-hybridized carbons (Fsp3) is 0.120. The number of rotatable bonds is 5. The van der Waals surface area contributed by atoms with Crippen molar-refractivity contribution >= 4 is 16.9 Å². The number of carbonyl (C=O) groups is 1. The van der Waals surface area contributed by atoms with E-state index in [2.05, 4.69) is 0 Å². The molecular weight excluding hydrogens is 380 g/mol. The van der Waals surface area contributed by atoms with Crippen molar-refractivity contribution in [2.45, 2.75) is 20.5 Å². The van der Waals surface area contributed by atoms with E-state index in [1.165, 1.54) is 6.07 Å². The molecule has 150 valence electrons. The van der Waals surface area contributed by atoms with Gasteiger partial charge in [0.1, 0.15) is 23.7 Å². The smallest absolute Gasteiger partial charge is 0.338 e. The van der Waals surface area contributed by atoms with Gasteiger partial charge in [0.25, 0.3) is 0 Å². The minimum Gasteiger partial charge on any atom is -0.457 e. The summed E-state index contributed by atoms with van der Waals surface area (Å²) in [5.41, 5.74) is 2.99. The number of hydrogen-bond donors (Lipinski definition) is 0. The Hall–Kier alpha value is -3.86. The highest BCUT2D eigenvalue weighted by Crippen LogP contribution is 2.24. The minimum absolute atomic E-state index is 0.0221. The summed E-state index contributed by atoms with van der Waals surface area (Å²) in [5, 5.41) is 0.761. The van der Waals surface area contributed by atoms with Crippen LogP contribution in [0.15, 0.2) is 82.0 Å². The third kappa shape index (κ3) is 4.10. The standard InChI is InChI=1S/C25H20O5/c1-16-8-13-22-19(14-23(26)30-24(22)17(16)2)15-28-25(27)18-9-11-21(12-10-18)29-20-6-4-3-5-7-20/h3-14H,15H2,1-2H3. The summed E-state index contributed by atoms with van der Waals surface area (Å²) < 4.78 is 16.5. The number of carbonyl (C=O) groups excluding carboxylic acids is 1. The van der Waals surface area contributed by atoms with E-state index < -0.39 is 11.6 Å². The topological polar surface area (TPSA) is 65.7 Å². The Morgan fingerprint density at radius 2 is 1.60 bits per heavy atom. The molecule has 0 N–H and O–H groups in total. The van der Waals surface area contributed by atoms with E-state index in [9.17, 15) is 9.59 Å². The monoisotopic (exact) mass is 400 g/mol. The van der Waals surface area contributed by atoms with Crippen LogP contribution in [0.2, 0.25) is 0 Å². The lowest BCUT2D eigenvalue weighted by Gasteiger charge is -2.10. The summed E-state index contributed by atoms with van der Waals surface area (Å²) in [6, 6.07) is 21.3. The maximum atomic E-state index is 12.5. The van der Waals surface area contributed by atoms with Crippen molar-refractivity contribution in [2.24, 2.45) is 0 Å². The molecule has 0 saturated carbocycles. The number of aryl methyl sites for hydroxylation is 2. The van der Waals surface area contributed by atoms with Crippen LogP contribution >= 0.6 is 0 Å². The molecule has 4 aromatic rings. The highest BCUT2D eigenvalue weighted by Gasteiger charge is 2.13. The molecule has 5 nitrogen and oxygen atoms in total. The van der Waals surface area contributed by atoms with Gasteiger partial charge in [-0.15, -0.1) is 0 Å². The average molecular weight is 400 g/mol. The third-order valence-corrected chi connectivity index (χ3v) is 4.95. The van der Waals surface area contributed by atoms with Crippen LogP contribution < -0.4 is 10.4 Å². The van der Waals surface area contributed by atoms with Crippen LogP contribution in [0.3, 0.4) is 0 Å². The molecule has 1 heterocycles. The molecule has 0 aliphatic carbocycles. The first kappa shape index (κ1) is 19.5. The molecule has 0 atom stereocenters. The van der Waals surface area contributed by atoms with Gasteiger partial charge in [0.2, 0.25) is 0 Å². The zero-order valence-corrected chi connectivity index (χ0v) is 16.7. The lowest BCUT2D eigenvalue weighted by atomic mass is 10.0. The Bertz CT molecular complexity index is 1250. The van der Waals surface area contributed by atoms with Gasteiger partial charge in [0.05, 0.1) is 5.56 Å². The molecule has 0 amide bonds. The minimum atomic E-state index is -0.480. The molecule has 1 aromatic heterocycles. The molecule has 30 heavy (non-hydrogen) atoms. The number of para-hydroxylation sites is 1. The van der Waals surface area contributed by atoms with Crippen LogP contribution in [0, 0.1) is 13.8 Å². The summed E-state index contributed by atoms with van der Waals surface area (Å²) in [4.78, 5) is 24.4. The van der Waals surface area contributed by atoms with E-state index in [0.717, 1.165) is 16.5 Å². The fourth-order valence-electron chi connectivity index (χ4n) is 3.15. The van der Waals surface area contributed by atoms with Gasteiger partial charge in [-0.25, -0.2) is 9.59 Å². The van der Waals surface area contributed by atoms with Crippen molar-refractivity contribution in [1.29, 1.82) is 0 Å². The average Bonchev–Trinajstić information content (AvgIpc) is 2.76. The molecule has 3 aromatic carbocycles. The van der Waals surface area contributed by atoms with Gasteiger partial charge < -0.3 is 13.9 Å². The summed E-state index contributed by atoms with van der Waals surface area (Å²) in [7, 11) is 0. The molecule has 0 aliphatic heterocycles. The Labute approximate surface area is 173 Å². The Morgan fingerprint density at radius 1 is 0.900 bits per heavy atom. The zero-order valence-electron chi connectivity index (χ0n) is 16.7. The van der Waals surface area contributed by atoms with Crippen LogP contribution in [-0.4, -0.2) is 5.97 Å². The van der Waals surface area contributed by atoms with Crippen LogP contribution in [0.25, 0.3) is 11.0 Å². The van der Waals surface area contributed by atoms with Gasteiger partial charge in [-0.2, -0.15) is 0 Å². The second-order valence-electron chi connectivity index (χ2n) is 6.99. The van der Waals surface area contributed by atoms with Crippen LogP contribution in [0.4, 0.5) is 0 Å². The van der Waals surface area contributed by atoms with Gasteiger partial charge in [-0.05, 0) is 61.4 Å². The summed E-state index contributed by atoms with van der Waals surface area (Å²) in [6.07, 6.45) is 0. The third-order valence-electron chi connectivity index (χ3n) is 4.95. The molecule has 4 rings (SSSR count). The number of benzene rings is 3. The van der Waals surface area contributed by atoms with Crippen molar-refractivity contribution < 1.29 is 18.7 Å². The molecule has 0 unspecified atom stereocenters. The largest absolute Gasteiger partial charge is 0.457 e. The highest BCUT2D eigenvalue weighted by molar-refractivity contribution is 5.90. The van der Waals surface area contributed by atoms with E-state index in [-0.39, 0.29) is 6.61 Å². The molecule has 0 spiro atoms. The van der Waals surface area contributed by atoms with Gasteiger partial charge in [0.15, 0.2) is 0 Å². The lowest BCUT2D eigenvalue weighted by molar-refractivity contribution is 0.0474. The summed E-state index contributed by atoms with van der Waals surface area (Å²) in [5.74, 6) is 0.856. The van der Waals surface area contributed by atoms with Crippen molar-refractivity contribution in [3.8, 4) is 11.5 Å². The Balaban J connectivity index is 1.49. The van der Waals surface area contributed by atoms with Crippen molar-refractivity contribution in [1.82, 2.24) is 0 Å². The Kier molecular flexibility index (Phi) is 5.35. The first-order valence-corrected chi connectivity index (χ1v) is 9.54.